The van der Waals surface area contributed by atoms with Gasteiger partial charge >= 0.3 is 0 Å². The SMILES string of the molecule is Cc1cc(C)c(NC(=O)CN2CCC3CNCC3C2)c(Cl)c1.Cl. The highest BCUT2D eigenvalue weighted by atomic mass is 35.5. The molecule has 3 rings (SSSR count). The molecular weight excluding hydrogens is 333 g/mol. The van der Waals surface area contributed by atoms with Crippen LogP contribution in [0.15, 0.2) is 12.1 Å². The van der Waals surface area contributed by atoms with E-state index in [0.717, 1.165) is 48.9 Å². The van der Waals surface area contributed by atoms with Gasteiger partial charge in [-0.25, -0.2) is 0 Å². The van der Waals surface area contributed by atoms with Crippen molar-refractivity contribution in [2.45, 2.75) is 20.3 Å². The normalized spacial score (nSPS) is 24.0. The Kier molecular flexibility index (Phi) is 6.32. The number of nitrogens with zero attached hydrogens (tertiary/aromatic N) is 1. The van der Waals surface area contributed by atoms with Crippen molar-refractivity contribution in [3.05, 3.63) is 28.3 Å². The van der Waals surface area contributed by atoms with Gasteiger partial charge in [0.1, 0.15) is 0 Å². The quantitative estimate of drug-likeness (QED) is 0.873. The zero-order chi connectivity index (χ0) is 15.7. The fourth-order valence-electron chi connectivity index (χ4n) is 3.71. The van der Waals surface area contributed by atoms with Crippen molar-refractivity contribution >= 4 is 35.6 Å². The number of benzene rings is 1. The summed E-state index contributed by atoms with van der Waals surface area (Å²) < 4.78 is 0. The predicted molar refractivity (Wildman–Crippen MR) is 97.7 cm³/mol. The monoisotopic (exact) mass is 357 g/mol. The number of carbonyl (C=O) groups is 1. The fourth-order valence-corrected chi connectivity index (χ4v) is 4.08. The second-order valence-corrected chi connectivity index (χ2v) is 7.10. The van der Waals surface area contributed by atoms with Crippen molar-refractivity contribution < 1.29 is 4.79 Å². The lowest BCUT2D eigenvalue weighted by Crippen LogP contribution is -2.43. The van der Waals surface area contributed by atoms with Gasteiger partial charge in [0.25, 0.3) is 0 Å². The van der Waals surface area contributed by atoms with E-state index < -0.39 is 0 Å². The molecule has 2 unspecified atom stereocenters. The lowest BCUT2D eigenvalue weighted by atomic mass is 9.89. The van der Waals surface area contributed by atoms with Crippen LogP contribution in [0.1, 0.15) is 17.5 Å². The van der Waals surface area contributed by atoms with Crippen LogP contribution >= 0.6 is 24.0 Å². The lowest BCUT2D eigenvalue weighted by Gasteiger charge is -2.33. The van der Waals surface area contributed by atoms with E-state index in [0.29, 0.717) is 17.5 Å². The van der Waals surface area contributed by atoms with E-state index in [9.17, 15) is 4.79 Å². The highest BCUT2D eigenvalue weighted by Crippen LogP contribution is 2.28. The minimum absolute atomic E-state index is 0. The van der Waals surface area contributed by atoms with Gasteiger partial charge in [0, 0.05) is 6.54 Å². The van der Waals surface area contributed by atoms with E-state index >= 15 is 0 Å². The van der Waals surface area contributed by atoms with Crippen LogP contribution in [0, 0.1) is 25.7 Å². The largest absolute Gasteiger partial charge is 0.323 e. The molecule has 128 valence electrons. The fraction of sp³-hybridized carbons (Fsp3) is 0.588. The number of hydrogen-bond acceptors (Lipinski definition) is 3. The number of aryl methyl sites for hydroxylation is 2. The summed E-state index contributed by atoms with van der Waals surface area (Å²) in [6, 6.07) is 3.93. The topological polar surface area (TPSA) is 44.4 Å². The van der Waals surface area contributed by atoms with Crippen molar-refractivity contribution in [1.82, 2.24) is 10.2 Å². The number of nitrogens with one attached hydrogen (secondary N) is 2. The number of likely N-dealkylation sites (tertiary alicyclic amines) is 1. The first-order chi connectivity index (χ1) is 10.5. The van der Waals surface area contributed by atoms with Gasteiger partial charge in [-0.15, -0.1) is 12.4 Å². The molecule has 23 heavy (non-hydrogen) atoms. The van der Waals surface area contributed by atoms with Crippen LogP contribution in [0.3, 0.4) is 0 Å². The van der Waals surface area contributed by atoms with E-state index in [1.807, 2.05) is 26.0 Å². The van der Waals surface area contributed by atoms with Crippen molar-refractivity contribution in [3.8, 4) is 0 Å². The molecule has 0 aliphatic carbocycles. The molecule has 4 nitrogen and oxygen atoms in total. The summed E-state index contributed by atoms with van der Waals surface area (Å²) in [5, 5.41) is 7.05. The van der Waals surface area contributed by atoms with Gasteiger partial charge in [0.15, 0.2) is 0 Å². The standard InChI is InChI=1S/C17H24ClN3O.ClH/c1-11-5-12(2)17(15(18)6-11)20-16(22)10-21-4-3-13-7-19-8-14(13)9-21;/h5-6,13-14,19H,3-4,7-10H2,1-2H3,(H,20,22);1H. The molecule has 2 atom stereocenters. The van der Waals surface area contributed by atoms with Gasteiger partial charge in [-0.1, -0.05) is 17.7 Å². The average Bonchev–Trinajstić information content (AvgIpc) is 2.90. The molecule has 2 aliphatic heterocycles. The molecule has 0 saturated carbocycles. The molecule has 2 heterocycles. The van der Waals surface area contributed by atoms with E-state index in [1.165, 1.54) is 6.42 Å². The smallest absolute Gasteiger partial charge is 0.238 e. The molecule has 2 N–H and O–H groups in total. The van der Waals surface area contributed by atoms with Crippen LogP contribution < -0.4 is 10.6 Å². The summed E-state index contributed by atoms with van der Waals surface area (Å²) >= 11 is 6.26. The molecule has 1 aromatic rings. The summed E-state index contributed by atoms with van der Waals surface area (Å²) in [4.78, 5) is 14.6. The molecule has 6 heteroatoms. The minimum atomic E-state index is 0. The van der Waals surface area contributed by atoms with Crippen LogP contribution in [0.5, 0.6) is 0 Å². The number of halogens is 2. The zero-order valence-electron chi connectivity index (χ0n) is 13.7. The van der Waals surface area contributed by atoms with Gasteiger partial charge in [-0.3, -0.25) is 9.69 Å². The third-order valence-electron chi connectivity index (χ3n) is 4.85. The van der Waals surface area contributed by atoms with Crippen molar-refractivity contribution in [3.63, 3.8) is 0 Å². The molecule has 0 radical (unpaired) electrons. The lowest BCUT2D eigenvalue weighted by molar-refractivity contribution is -0.117. The number of fused-ring (bicyclic) bond motifs is 1. The number of carbonyl (C=O) groups excluding carboxylic acids is 1. The van der Waals surface area contributed by atoms with E-state index in [-0.39, 0.29) is 18.3 Å². The zero-order valence-corrected chi connectivity index (χ0v) is 15.3. The van der Waals surface area contributed by atoms with Gasteiger partial charge in [0.2, 0.25) is 5.91 Å². The average molecular weight is 358 g/mol. The molecular formula is C17H25Cl2N3O. The van der Waals surface area contributed by atoms with Crippen molar-refractivity contribution in [2.75, 3.05) is 38.0 Å². The molecule has 0 aromatic heterocycles. The molecule has 1 aromatic carbocycles. The van der Waals surface area contributed by atoms with Crippen molar-refractivity contribution in [1.29, 1.82) is 0 Å². The first-order valence-electron chi connectivity index (χ1n) is 8.02. The Labute approximate surface area is 149 Å². The molecule has 2 aliphatic rings. The van der Waals surface area contributed by atoms with Crippen LogP contribution in [-0.2, 0) is 4.79 Å². The summed E-state index contributed by atoms with van der Waals surface area (Å²) in [5.41, 5.74) is 2.86. The highest BCUT2D eigenvalue weighted by Gasteiger charge is 2.33. The van der Waals surface area contributed by atoms with E-state index in [2.05, 4.69) is 15.5 Å². The summed E-state index contributed by atoms with van der Waals surface area (Å²) in [5.74, 6) is 1.53. The maximum Gasteiger partial charge on any atom is 0.238 e. The highest BCUT2D eigenvalue weighted by molar-refractivity contribution is 6.34. The van der Waals surface area contributed by atoms with E-state index in [4.69, 9.17) is 11.6 Å². The molecule has 2 saturated heterocycles. The first kappa shape index (κ1) is 18.5. The Morgan fingerprint density at radius 3 is 2.83 bits per heavy atom. The number of piperidine rings is 1. The van der Waals surface area contributed by atoms with E-state index in [1.54, 1.807) is 0 Å². The summed E-state index contributed by atoms with van der Waals surface area (Å²) in [7, 11) is 0. The summed E-state index contributed by atoms with van der Waals surface area (Å²) in [6.45, 7) is 8.69. The Morgan fingerprint density at radius 1 is 1.35 bits per heavy atom. The van der Waals surface area contributed by atoms with Gasteiger partial charge in [-0.05, 0) is 68.9 Å². The van der Waals surface area contributed by atoms with Gasteiger partial charge in [-0.2, -0.15) is 0 Å². The number of amides is 1. The van der Waals surface area contributed by atoms with Gasteiger partial charge < -0.3 is 10.6 Å². The summed E-state index contributed by atoms with van der Waals surface area (Å²) in [6.07, 6.45) is 1.19. The van der Waals surface area contributed by atoms with Crippen LogP contribution in [0.25, 0.3) is 0 Å². The molecule has 0 bridgehead atoms. The number of rotatable bonds is 3. The Balaban J connectivity index is 0.00000192. The van der Waals surface area contributed by atoms with Crippen LogP contribution in [-0.4, -0.2) is 43.5 Å². The molecule has 2 fully saturated rings. The second-order valence-electron chi connectivity index (χ2n) is 6.69. The molecule has 0 spiro atoms. The predicted octanol–water partition coefficient (Wildman–Crippen LogP) is 2.86. The maximum atomic E-state index is 12.3. The number of hydrogen-bond donors (Lipinski definition) is 2. The van der Waals surface area contributed by atoms with Crippen molar-refractivity contribution in [2.24, 2.45) is 11.8 Å². The maximum absolute atomic E-state index is 12.3. The van der Waals surface area contributed by atoms with Crippen LogP contribution in [0.4, 0.5) is 5.69 Å². The minimum Gasteiger partial charge on any atom is -0.323 e. The first-order valence-corrected chi connectivity index (χ1v) is 8.40. The Morgan fingerprint density at radius 2 is 2.09 bits per heavy atom. The Hall–Kier alpha value is -0.810. The molecule has 1 amide bonds. The Bertz CT molecular complexity index is 556. The third-order valence-corrected chi connectivity index (χ3v) is 5.15. The van der Waals surface area contributed by atoms with Gasteiger partial charge in [0.05, 0.1) is 17.3 Å². The van der Waals surface area contributed by atoms with Crippen LogP contribution in [0.2, 0.25) is 5.02 Å². The third kappa shape index (κ3) is 4.38. The number of anilines is 1. The second kappa shape index (κ2) is 7.84.